The average molecular weight is 96.1 g/mol. The van der Waals surface area contributed by atoms with Crippen molar-refractivity contribution < 1.29 is 0 Å². The first kappa shape index (κ1) is 4.30. The summed E-state index contributed by atoms with van der Waals surface area (Å²) in [6, 6.07) is 0. The van der Waals surface area contributed by atoms with Gasteiger partial charge in [0.25, 0.3) is 5.84 Å². The van der Waals surface area contributed by atoms with Crippen LogP contribution in [0, 0.1) is 0 Å². The van der Waals surface area contributed by atoms with E-state index in [0.717, 1.165) is 12.3 Å². The van der Waals surface area contributed by atoms with Crippen LogP contribution in [0.5, 0.6) is 0 Å². The lowest BCUT2D eigenvalue weighted by Gasteiger charge is -1.76. The van der Waals surface area contributed by atoms with E-state index in [1.54, 1.807) is 0 Å². The first-order valence-electron chi connectivity index (χ1n) is 2.21. The molecule has 0 unspecified atom stereocenters. The highest BCUT2D eigenvalue weighted by Gasteiger charge is 2.07. The van der Waals surface area contributed by atoms with Crippen LogP contribution in [0.4, 0.5) is 0 Å². The SMILES string of the molecule is CCC1=[N+][C]=NN1. The highest BCUT2D eigenvalue weighted by atomic mass is 15.4. The predicted octanol–water partition coefficient (Wildman–Crippen LogP) is -0.446. The molecule has 0 atom stereocenters. The van der Waals surface area contributed by atoms with Gasteiger partial charge in [0, 0.05) is 6.42 Å². The Morgan fingerprint density at radius 3 is 3.14 bits per heavy atom. The molecule has 1 rings (SSSR count). The van der Waals surface area contributed by atoms with Crippen LogP contribution in [0.2, 0.25) is 0 Å². The van der Waals surface area contributed by atoms with E-state index in [4.69, 9.17) is 0 Å². The van der Waals surface area contributed by atoms with Crippen LogP contribution in [0.1, 0.15) is 13.3 Å². The van der Waals surface area contributed by atoms with Crippen molar-refractivity contribution in [2.24, 2.45) is 5.10 Å². The molecule has 0 bridgehead atoms. The lowest BCUT2D eigenvalue weighted by Crippen LogP contribution is -2.14. The van der Waals surface area contributed by atoms with Gasteiger partial charge in [-0.3, -0.25) is 0 Å². The van der Waals surface area contributed by atoms with Crippen LogP contribution in [0.25, 0.3) is 0 Å². The minimum absolute atomic E-state index is 0.889. The van der Waals surface area contributed by atoms with Crippen molar-refractivity contribution in [3.05, 3.63) is 0 Å². The van der Waals surface area contributed by atoms with Gasteiger partial charge in [-0.1, -0.05) is 11.9 Å². The normalized spacial score (nSPS) is 16.4. The Hall–Kier alpha value is -0.860. The molecule has 0 aromatic carbocycles. The van der Waals surface area contributed by atoms with E-state index in [2.05, 4.69) is 21.9 Å². The second-order valence-corrected chi connectivity index (χ2v) is 1.24. The summed E-state index contributed by atoms with van der Waals surface area (Å²) in [7, 11) is 0. The van der Waals surface area contributed by atoms with Crippen LogP contribution in [-0.4, -0.2) is 12.2 Å². The molecule has 3 nitrogen and oxygen atoms in total. The fourth-order valence-electron chi connectivity index (χ4n) is 0.358. The van der Waals surface area contributed by atoms with E-state index in [1.165, 1.54) is 0 Å². The number of hydrogen-bond donors (Lipinski definition) is 1. The highest BCUT2D eigenvalue weighted by Crippen LogP contribution is 1.76. The Bertz CT molecular complexity index is 114. The van der Waals surface area contributed by atoms with Gasteiger partial charge < -0.3 is 0 Å². The molecule has 7 heavy (non-hydrogen) atoms. The second kappa shape index (κ2) is 1.73. The molecule has 0 aromatic heterocycles. The van der Waals surface area contributed by atoms with Gasteiger partial charge in [-0.15, -0.1) is 5.43 Å². The maximum atomic E-state index is 3.74. The molecule has 0 amide bonds. The number of amidine groups is 1. The van der Waals surface area contributed by atoms with Crippen LogP contribution in [0.15, 0.2) is 5.10 Å². The van der Waals surface area contributed by atoms with Gasteiger partial charge in [0.05, 0.1) is 5.10 Å². The molecule has 0 saturated carbocycles. The van der Waals surface area contributed by atoms with Gasteiger partial charge in [0.15, 0.2) is 0 Å². The lowest BCUT2D eigenvalue weighted by atomic mass is 10.5. The molecule has 2 radical (unpaired) electrons. The number of aliphatic imine (C=N–C) groups is 1. The Morgan fingerprint density at radius 1 is 2.00 bits per heavy atom. The molecule has 3 heteroatoms. The topological polar surface area (TPSA) is 38.5 Å². The van der Waals surface area contributed by atoms with Crippen molar-refractivity contribution in [3.63, 3.8) is 0 Å². The smallest absolute Gasteiger partial charge is 0.121 e. The van der Waals surface area contributed by atoms with Crippen molar-refractivity contribution in [3.8, 4) is 0 Å². The van der Waals surface area contributed by atoms with E-state index in [9.17, 15) is 0 Å². The summed E-state index contributed by atoms with van der Waals surface area (Å²) in [4.78, 5) is 3.74. The maximum absolute atomic E-state index is 3.74. The zero-order valence-corrected chi connectivity index (χ0v) is 4.10. The summed E-state index contributed by atoms with van der Waals surface area (Å²) in [6.45, 7) is 2.01. The summed E-state index contributed by atoms with van der Waals surface area (Å²) in [6.07, 6.45) is 3.32. The Balaban J connectivity index is 2.45. The van der Waals surface area contributed by atoms with Crippen LogP contribution in [-0.2, 0) is 0 Å². The third-order valence-electron chi connectivity index (χ3n) is 0.755. The monoisotopic (exact) mass is 96.1 g/mol. The molecule has 1 N–H and O–H groups in total. The molecule has 1 heterocycles. The molecule has 1 aliphatic heterocycles. The summed E-state index contributed by atoms with van der Waals surface area (Å²) in [5.41, 5.74) is 2.67. The van der Waals surface area contributed by atoms with Gasteiger partial charge in [-0.2, -0.15) is 0 Å². The van der Waals surface area contributed by atoms with Gasteiger partial charge in [-0.05, 0) is 0 Å². The van der Waals surface area contributed by atoms with E-state index in [-0.39, 0.29) is 0 Å². The van der Waals surface area contributed by atoms with Gasteiger partial charge in [-0.25, -0.2) is 0 Å². The van der Waals surface area contributed by atoms with E-state index >= 15 is 0 Å². The first-order valence-corrected chi connectivity index (χ1v) is 2.21. The molecule has 0 saturated heterocycles. The Labute approximate surface area is 42.1 Å². The minimum atomic E-state index is 0.889. The minimum Gasteiger partial charge on any atom is -0.121 e. The number of hydrazone groups is 1. The Kier molecular flexibility index (Phi) is 1.06. The van der Waals surface area contributed by atoms with Crippen molar-refractivity contribution in [1.82, 2.24) is 10.4 Å². The predicted molar refractivity (Wildman–Crippen MR) is 28.0 cm³/mol. The van der Waals surface area contributed by atoms with E-state index in [0.29, 0.717) is 0 Å². The van der Waals surface area contributed by atoms with Gasteiger partial charge in [0.2, 0.25) is 0 Å². The fraction of sp³-hybridized carbons (Fsp3) is 0.500. The molecular formula is C4H6N3+. The third-order valence-corrected chi connectivity index (χ3v) is 0.755. The molecule has 0 aromatic rings. The average Bonchev–Trinajstić information content (AvgIpc) is 2.14. The van der Waals surface area contributed by atoms with E-state index < -0.39 is 0 Å². The van der Waals surface area contributed by atoms with Crippen LogP contribution < -0.4 is 10.4 Å². The summed E-state index contributed by atoms with van der Waals surface area (Å²) < 4.78 is 0. The van der Waals surface area contributed by atoms with Crippen molar-refractivity contribution in [2.75, 3.05) is 0 Å². The first-order chi connectivity index (χ1) is 3.43. The summed E-state index contributed by atoms with van der Waals surface area (Å²) in [5.74, 6) is 0.889. The highest BCUT2D eigenvalue weighted by molar-refractivity contribution is 5.89. The zero-order valence-electron chi connectivity index (χ0n) is 4.10. The molecule has 36 valence electrons. The summed E-state index contributed by atoms with van der Waals surface area (Å²) in [5, 5.41) is 3.53. The molecule has 1 aliphatic rings. The molecule has 0 fully saturated rings. The maximum Gasteiger partial charge on any atom is 0.418 e. The number of rotatable bonds is 1. The molecule has 0 aliphatic carbocycles. The van der Waals surface area contributed by atoms with Crippen molar-refractivity contribution >= 4 is 12.2 Å². The second-order valence-electron chi connectivity index (χ2n) is 1.24. The zero-order chi connectivity index (χ0) is 5.11. The summed E-state index contributed by atoms with van der Waals surface area (Å²) >= 11 is 0. The van der Waals surface area contributed by atoms with Gasteiger partial charge >= 0.3 is 6.34 Å². The number of nitrogens with one attached hydrogen (secondary N) is 1. The molecular weight excluding hydrogens is 90.1 g/mol. The molecule has 0 spiro atoms. The number of nitrogens with zero attached hydrogens (tertiary/aromatic N) is 2. The van der Waals surface area contributed by atoms with Gasteiger partial charge in [0.1, 0.15) is 0 Å². The van der Waals surface area contributed by atoms with Crippen molar-refractivity contribution in [1.29, 1.82) is 0 Å². The largest absolute Gasteiger partial charge is 0.418 e. The Morgan fingerprint density at radius 2 is 2.86 bits per heavy atom. The van der Waals surface area contributed by atoms with Crippen LogP contribution in [0.3, 0.4) is 0 Å². The third kappa shape index (κ3) is 0.765. The van der Waals surface area contributed by atoms with Crippen LogP contribution >= 0.6 is 0 Å². The van der Waals surface area contributed by atoms with E-state index in [1.807, 2.05) is 6.92 Å². The lowest BCUT2D eigenvalue weighted by molar-refractivity contribution is 1.02. The van der Waals surface area contributed by atoms with Crippen molar-refractivity contribution in [2.45, 2.75) is 13.3 Å². The quantitative estimate of drug-likeness (QED) is 0.472. The number of hydrogen-bond acceptors (Lipinski definition) is 3. The fourth-order valence-corrected chi connectivity index (χ4v) is 0.358. The standard InChI is InChI=1S/C4H6N3/c1-2-4-5-3-6-7-4/h2H2,1H3,(H,6,7)/q+1.